The molecule has 1 heterocycles. The van der Waals surface area contributed by atoms with Gasteiger partial charge < -0.3 is 29.9 Å². The third-order valence-corrected chi connectivity index (χ3v) is 7.57. The molecule has 2 aliphatic rings. The number of hydrogen-bond acceptors (Lipinski definition) is 6. The Morgan fingerprint density at radius 3 is 2.62 bits per heavy atom. The van der Waals surface area contributed by atoms with Gasteiger partial charge >= 0.3 is 0 Å². The molecule has 198 valence electrons. The number of para-hydroxylation sites is 1. The van der Waals surface area contributed by atoms with E-state index in [1.54, 1.807) is 17.0 Å². The molecule has 0 saturated carbocycles. The number of halogens is 1. The van der Waals surface area contributed by atoms with Crippen LogP contribution in [-0.2, 0) is 20.9 Å². The summed E-state index contributed by atoms with van der Waals surface area (Å²) in [5.41, 5.74) is 2.42. The molecule has 2 amide bonds. The minimum atomic E-state index is -1.08. The Balaban J connectivity index is 1.68. The smallest absolute Gasteiger partial charge is 0.252 e. The lowest BCUT2D eigenvalue weighted by atomic mass is 9.87. The van der Waals surface area contributed by atoms with Crippen LogP contribution < -0.4 is 10.1 Å². The molecule has 1 unspecified atom stereocenters. The SMILES string of the molecule is Cc1ccc(CN(C(=O)C2CCCO2)[C@@H]2CC(C(=O)NCCO)=C[C@H](Oc3ccccc3I)[C@H]2O)cc1. The monoisotopic (exact) mass is 620 g/mol. The number of rotatable bonds is 9. The zero-order valence-corrected chi connectivity index (χ0v) is 23.0. The van der Waals surface area contributed by atoms with E-state index in [0.29, 0.717) is 24.4 Å². The summed E-state index contributed by atoms with van der Waals surface area (Å²) in [6.07, 6.45) is 0.669. The summed E-state index contributed by atoms with van der Waals surface area (Å²) in [7, 11) is 0. The highest BCUT2D eigenvalue weighted by molar-refractivity contribution is 14.1. The van der Waals surface area contributed by atoms with Gasteiger partial charge in [-0.2, -0.15) is 0 Å². The molecule has 9 heteroatoms. The molecule has 0 aromatic heterocycles. The van der Waals surface area contributed by atoms with Crippen molar-refractivity contribution in [2.24, 2.45) is 0 Å². The quantitative estimate of drug-likeness (QED) is 0.373. The zero-order valence-electron chi connectivity index (χ0n) is 20.8. The van der Waals surface area contributed by atoms with E-state index in [9.17, 15) is 19.8 Å². The highest BCUT2D eigenvalue weighted by Crippen LogP contribution is 2.31. The topological polar surface area (TPSA) is 108 Å². The van der Waals surface area contributed by atoms with E-state index in [1.165, 1.54) is 0 Å². The van der Waals surface area contributed by atoms with E-state index < -0.39 is 24.4 Å². The fraction of sp³-hybridized carbons (Fsp3) is 0.429. The van der Waals surface area contributed by atoms with Crippen LogP contribution in [0.2, 0.25) is 0 Å². The van der Waals surface area contributed by atoms with Gasteiger partial charge in [-0.15, -0.1) is 0 Å². The lowest BCUT2D eigenvalue weighted by Gasteiger charge is -2.41. The van der Waals surface area contributed by atoms with E-state index in [4.69, 9.17) is 9.47 Å². The number of aliphatic hydroxyl groups is 2. The van der Waals surface area contributed by atoms with Crippen LogP contribution in [0.1, 0.15) is 30.4 Å². The van der Waals surface area contributed by atoms with Crippen LogP contribution in [0.3, 0.4) is 0 Å². The molecule has 0 bridgehead atoms. The first-order chi connectivity index (χ1) is 17.9. The summed E-state index contributed by atoms with van der Waals surface area (Å²) in [5, 5.41) is 23.4. The lowest BCUT2D eigenvalue weighted by molar-refractivity contribution is -0.149. The Morgan fingerprint density at radius 2 is 1.95 bits per heavy atom. The highest BCUT2D eigenvalue weighted by Gasteiger charge is 2.42. The molecule has 4 rings (SSSR count). The molecule has 4 atom stereocenters. The maximum atomic E-state index is 13.7. The van der Waals surface area contributed by atoms with Crippen molar-refractivity contribution in [1.29, 1.82) is 0 Å². The van der Waals surface area contributed by atoms with Gasteiger partial charge in [0.2, 0.25) is 5.91 Å². The molecule has 2 aromatic rings. The third-order valence-electron chi connectivity index (χ3n) is 6.68. The van der Waals surface area contributed by atoms with Crippen LogP contribution in [0, 0.1) is 10.5 Å². The second kappa shape index (κ2) is 12.9. The van der Waals surface area contributed by atoms with Crippen molar-refractivity contribution in [1.82, 2.24) is 10.2 Å². The first-order valence-corrected chi connectivity index (χ1v) is 13.6. The van der Waals surface area contributed by atoms with Gasteiger partial charge in [0.1, 0.15) is 24.1 Å². The van der Waals surface area contributed by atoms with Crippen molar-refractivity contribution >= 4 is 34.4 Å². The molecule has 1 saturated heterocycles. The Kier molecular flexibility index (Phi) is 9.58. The van der Waals surface area contributed by atoms with E-state index in [-0.39, 0.29) is 37.9 Å². The Morgan fingerprint density at radius 1 is 1.19 bits per heavy atom. The molecule has 0 radical (unpaired) electrons. The second-order valence-corrected chi connectivity index (χ2v) is 10.6. The minimum Gasteiger partial charge on any atom is -0.482 e. The number of hydrogen-bond donors (Lipinski definition) is 3. The van der Waals surface area contributed by atoms with E-state index in [0.717, 1.165) is 21.1 Å². The molecule has 1 fully saturated rings. The Labute approximate surface area is 230 Å². The number of nitrogens with zero attached hydrogens (tertiary/aromatic N) is 1. The van der Waals surface area contributed by atoms with E-state index in [2.05, 4.69) is 27.9 Å². The second-order valence-electron chi connectivity index (χ2n) is 9.40. The summed E-state index contributed by atoms with van der Waals surface area (Å²) in [4.78, 5) is 28.3. The maximum Gasteiger partial charge on any atom is 0.252 e. The zero-order chi connectivity index (χ0) is 26.4. The molecule has 2 aromatic carbocycles. The number of carbonyl (C=O) groups is 2. The average molecular weight is 620 g/mol. The van der Waals surface area contributed by atoms with Crippen LogP contribution in [0.5, 0.6) is 5.75 Å². The van der Waals surface area contributed by atoms with Crippen molar-refractivity contribution < 1.29 is 29.3 Å². The van der Waals surface area contributed by atoms with Crippen molar-refractivity contribution in [3.05, 3.63) is 74.9 Å². The molecular weight excluding hydrogens is 587 g/mol. The largest absolute Gasteiger partial charge is 0.482 e. The number of aryl methyl sites for hydroxylation is 1. The number of carbonyl (C=O) groups excluding carboxylic acids is 2. The van der Waals surface area contributed by atoms with Gasteiger partial charge in [-0.3, -0.25) is 9.59 Å². The van der Waals surface area contributed by atoms with Crippen molar-refractivity contribution in [2.45, 2.75) is 57.1 Å². The number of aliphatic hydroxyl groups excluding tert-OH is 2. The standard InChI is InChI=1S/C28H33IN2O6/c1-18-8-10-19(11-9-18)17-31(28(35)24-7-4-14-36-24)22-15-20(27(34)30-12-13-32)16-25(26(22)33)37-23-6-3-2-5-21(23)29/h2-3,5-6,8-11,16,22,24-26,32-33H,4,7,12-15,17H2,1H3,(H,30,34)/t22-,24?,25+,26+/m1/s1. The molecular formula is C28H33IN2O6. The van der Waals surface area contributed by atoms with Gasteiger partial charge in [0, 0.05) is 31.7 Å². The molecule has 1 aliphatic heterocycles. The minimum absolute atomic E-state index is 0.105. The first kappa shape index (κ1) is 27.6. The molecule has 8 nitrogen and oxygen atoms in total. The molecule has 1 aliphatic carbocycles. The summed E-state index contributed by atoms with van der Waals surface area (Å²) < 4.78 is 12.8. The predicted molar refractivity (Wildman–Crippen MR) is 147 cm³/mol. The summed E-state index contributed by atoms with van der Waals surface area (Å²) in [6, 6.07) is 14.6. The van der Waals surface area contributed by atoms with Crippen molar-refractivity contribution in [3.8, 4) is 5.75 Å². The van der Waals surface area contributed by atoms with Gasteiger partial charge in [0.25, 0.3) is 5.91 Å². The lowest BCUT2D eigenvalue weighted by Crippen LogP contribution is -2.56. The van der Waals surface area contributed by atoms with Gasteiger partial charge in [0.05, 0.1) is 16.2 Å². The Hall–Kier alpha value is -2.47. The normalized spacial score (nSPS) is 23.3. The van der Waals surface area contributed by atoms with Gasteiger partial charge in [-0.1, -0.05) is 42.0 Å². The predicted octanol–water partition coefficient (Wildman–Crippen LogP) is 2.72. The number of amides is 2. The van der Waals surface area contributed by atoms with Crippen LogP contribution in [0.25, 0.3) is 0 Å². The highest BCUT2D eigenvalue weighted by atomic mass is 127. The van der Waals surface area contributed by atoms with E-state index >= 15 is 0 Å². The molecule has 3 N–H and O–H groups in total. The third kappa shape index (κ3) is 6.90. The van der Waals surface area contributed by atoms with Gasteiger partial charge in [-0.05, 0) is 66.1 Å². The fourth-order valence-corrected chi connectivity index (χ4v) is 5.19. The van der Waals surface area contributed by atoms with Gasteiger partial charge in [-0.25, -0.2) is 0 Å². The van der Waals surface area contributed by atoms with Crippen LogP contribution in [0.15, 0.2) is 60.2 Å². The fourth-order valence-electron chi connectivity index (χ4n) is 4.67. The maximum absolute atomic E-state index is 13.7. The van der Waals surface area contributed by atoms with Crippen LogP contribution in [-0.4, -0.2) is 71.0 Å². The number of ether oxygens (including phenoxy) is 2. The van der Waals surface area contributed by atoms with Crippen LogP contribution >= 0.6 is 22.6 Å². The summed E-state index contributed by atoms with van der Waals surface area (Å²) in [6.45, 7) is 2.70. The number of nitrogens with one attached hydrogen (secondary N) is 1. The first-order valence-electron chi connectivity index (χ1n) is 12.5. The van der Waals surface area contributed by atoms with Gasteiger partial charge in [0.15, 0.2) is 0 Å². The summed E-state index contributed by atoms with van der Waals surface area (Å²) >= 11 is 2.16. The molecule has 37 heavy (non-hydrogen) atoms. The average Bonchev–Trinajstić information content (AvgIpc) is 3.44. The number of benzene rings is 2. The summed E-state index contributed by atoms with van der Waals surface area (Å²) in [5.74, 6) is 0.0176. The molecule has 0 spiro atoms. The van der Waals surface area contributed by atoms with Crippen molar-refractivity contribution in [3.63, 3.8) is 0 Å². The van der Waals surface area contributed by atoms with Crippen LogP contribution in [0.4, 0.5) is 0 Å². The Bertz CT molecular complexity index is 1120. The van der Waals surface area contributed by atoms with Crippen molar-refractivity contribution in [2.75, 3.05) is 19.8 Å². The van der Waals surface area contributed by atoms with E-state index in [1.807, 2.05) is 49.4 Å².